The molecule has 3 aromatic carbocycles. The summed E-state index contributed by atoms with van der Waals surface area (Å²) in [6, 6.07) is 19.6. The molecule has 1 aliphatic heterocycles. The lowest BCUT2D eigenvalue weighted by Crippen LogP contribution is -2.31. The van der Waals surface area contributed by atoms with Crippen molar-refractivity contribution in [3.05, 3.63) is 99.8 Å². The van der Waals surface area contributed by atoms with E-state index >= 15 is 0 Å². The highest BCUT2D eigenvalue weighted by atomic mass is 32.2. The third kappa shape index (κ3) is 6.88. The fourth-order valence-electron chi connectivity index (χ4n) is 5.06. The van der Waals surface area contributed by atoms with Crippen molar-refractivity contribution in [1.29, 1.82) is 0 Å². The van der Waals surface area contributed by atoms with Crippen LogP contribution < -0.4 is 20.1 Å². The SMILES string of the molecule is CCCSc1nc2n(n1)C(c1ccc(OCc3ccc(C)cc3)c(OCC)c1)C(C(=O)Nc1ccc(C)cc1C)=C(C)N2. The van der Waals surface area contributed by atoms with E-state index in [2.05, 4.69) is 54.8 Å². The van der Waals surface area contributed by atoms with E-state index in [0.717, 1.165) is 45.8 Å². The number of allylic oxidation sites excluding steroid dienone is 1. The van der Waals surface area contributed by atoms with Gasteiger partial charge in [0.25, 0.3) is 5.91 Å². The first kappa shape index (κ1) is 30.2. The number of nitrogens with one attached hydrogen (secondary N) is 2. The van der Waals surface area contributed by atoms with E-state index in [1.165, 1.54) is 5.56 Å². The Morgan fingerprint density at radius 2 is 1.72 bits per heavy atom. The summed E-state index contributed by atoms with van der Waals surface area (Å²) in [6.07, 6.45) is 1.01. The monoisotopic (exact) mass is 597 g/mol. The molecule has 0 spiro atoms. The molecule has 0 saturated carbocycles. The molecular weight excluding hydrogens is 558 g/mol. The highest BCUT2D eigenvalue weighted by Gasteiger charge is 2.35. The number of fused-ring (bicyclic) bond motifs is 1. The quantitative estimate of drug-likeness (QED) is 0.172. The zero-order chi connectivity index (χ0) is 30.5. The largest absolute Gasteiger partial charge is 0.490 e. The molecule has 0 aliphatic carbocycles. The maximum Gasteiger partial charge on any atom is 0.255 e. The van der Waals surface area contributed by atoms with Crippen molar-refractivity contribution < 1.29 is 14.3 Å². The fraction of sp³-hybridized carbons (Fsp3) is 0.324. The molecule has 1 aliphatic rings. The number of aryl methyl sites for hydroxylation is 3. The number of thioether (sulfide) groups is 1. The van der Waals surface area contributed by atoms with Gasteiger partial charge in [-0.3, -0.25) is 4.79 Å². The van der Waals surface area contributed by atoms with Crippen molar-refractivity contribution in [2.75, 3.05) is 23.0 Å². The predicted molar refractivity (Wildman–Crippen MR) is 173 cm³/mol. The molecular formula is C34H39N5O3S. The van der Waals surface area contributed by atoms with E-state index < -0.39 is 6.04 Å². The molecule has 0 saturated heterocycles. The Hall–Kier alpha value is -4.24. The molecule has 2 heterocycles. The topological polar surface area (TPSA) is 90.3 Å². The van der Waals surface area contributed by atoms with Gasteiger partial charge in [-0.2, -0.15) is 4.98 Å². The third-order valence-corrected chi connectivity index (χ3v) is 8.28. The molecule has 4 aromatic rings. The van der Waals surface area contributed by atoms with Crippen LogP contribution in [0.2, 0.25) is 0 Å². The lowest BCUT2D eigenvalue weighted by molar-refractivity contribution is -0.113. The number of ether oxygens (including phenoxy) is 2. The maximum atomic E-state index is 14.0. The van der Waals surface area contributed by atoms with E-state index in [0.29, 0.717) is 41.4 Å². The Labute approximate surface area is 257 Å². The minimum atomic E-state index is -0.532. The van der Waals surface area contributed by atoms with Crippen molar-refractivity contribution >= 4 is 29.3 Å². The number of carbonyl (C=O) groups excluding carboxylic acids is 1. The Kier molecular flexibility index (Phi) is 9.40. The van der Waals surface area contributed by atoms with Crippen LogP contribution in [0.4, 0.5) is 11.6 Å². The van der Waals surface area contributed by atoms with Crippen LogP contribution in [0.15, 0.2) is 77.1 Å². The molecule has 2 N–H and O–H groups in total. The van der Waals surface area contributed by atoms with Gasteiger partial charge in [0.05, 0.1) is 12.2 Å². The van der Waals surface area contributed by atoms with Crippen LogP contribution in [0.3, 0.4) is 0 Å². The number of benzene rings is 3. The molecule has 8 nitrogen and oxygen atoms in total. The minimum Gasteiger partial charge on any atom is -0.490 e. The average Bonchev–Trinajstić information content (AvgIpc) is 3.39. The number of nitrogens with zero attached hydrogens (tertiary/aromatic N) is 3. The third-order valence-electron chi connectivity index (χ3n) is 7.24. The summed E-state index contributed by atoms with van der Waals surface area (Å²) in [4.78, 5) is 18.8. The number of amides is 1. The first-order valence-electron chi connectivity index (χ1n) is 14.7. The summed E-state index contributed by atoms with van der Waals surface area (Å²) in [7, 11) is 0. The standard InChI is InChI=1S/C34H39N5O3S/c1-7-17-43-34-37-33-35-24(6)30(32(40)36-27-15-11-22(4)18-23(27)5)31(39(33)38-34)26-14-16-28(29(19-26)41-8-2)42-20-25-12-9-21(3)10-13-25/h9-16,18-19,31H,7-8,17,20H2,1-6H3,(H,36,40)(H,35,37,38). The number of anilines is 2. The number of hydrogen-bond acceptors (Lipinski definition) is 7. The van der Waals surface area contributed by atoms with Crippen molar-refractivity contribution in [3.8, 4) is 11.5 Å². The van der Waals surface area contributed by atoms with E-state index in [-0.39, 0.29) is 5.91 Å². The summed E-state index contributed by atoms with van der Waals surface area (Å²) in [5.41, 5.74) is 7.31. The first-order chi connectivity index (χ1) is 20.8. The normalized spacial score (nSPS) is 14.2. The van der Waals surface area contributed by atoms with Gasteiger partial charge in [0.1, 0.15) is 12.6 Å². The predicted octanol–water partition coefficient (Wildman–Crippen LogP) is 7.61. The molecule has 0 radical (unpaired) electrons. The second kappa shape index (κ2) is 13.4. The Morgan fingerprint density at radius 1 is 0.953 bits per heavy atom. The molecule has 1 unspecified atom stereocenters. The molecule has 1 amide bonds. The Balaban J connectivity index is 1.53. The molecule has 1 atom stereocenters. The first-order valence-corrected chi connectivity index (χ1v) is 15.7. The van der Waals surface area contributed by atoms with Crippen LogP contribution in [0.5, 0.6) is 11.5 Å². The van der Waals surface area contributed by atoms with E-state index in [1.54, 1.807) is 16.4 Å². The van der Waals surface area contributed by atoms with Gasteiger partial charge < -0.3 is 20.1 Å². The maximum absolute atomic E-state index is 14.0. The number of carbonyl (C=O) groups is 1. The molecule has 0 fully saturated rings. The molecule has 5 rings (SSSR count). The second-order valence-electron chi connectivity index (χ2n) is 10.8. The van der Waals surface area contributed by atoms with E-state index in [9.17, 15) is 4.79 Å². The van der Waals surface area contributed by atoms with Gasteiger partial charge in [-0.1, -0.05) is 72.3 Å². The second-order valence-corrected chi connectivity index (χ2v) is 11.8. The summed E-state index contributed by atoms with van der Waals surface area (Å²) in [5, 5.41) is 12.0. The van der Waals surface area contributed by atoms with Crippen LogP contribution in [0, 0.1) is 20.8 Å². The van der Waals surface area contributed by atoms with Gasteiger partial charge in [0.15, 0.2) is 11.5 Å². The fourth-order valence-corrected chi connectivity index (χ4v) is 5.74. The summed E-state index contributed by atoms with van der Waals surface area (Å²) < 4.78 is 14.1. The van der Waals surface area contributed by atoms with Gasteiger partial charge in [-0.25, -0.2) is 4.68 Å². The van der Waals surface area contributed by atoms with E-state index in [1.807, 2.05) is 58.0 Å². The van der Waals surface area contributed by atoms with Gasteiger partial charge in [-0.15, -0.1) is 5.10 Å². The smallest absolute Gasteiger partial charge is 0.255 e. The lowest BCUT2D eigenvalue weighted by atomic mass is 9.94. The van der Waals surface area contributed by atoms with Gasteiger partial charge in [-0.05, 0) is 75.9 Å². The highest BCUT2D eigenvalue weighted by molar-refractivity contribution is 7.99. The molecule has 9 heteroatoms. The molecule has 0 bridgehead atoms. The molecule has 224 valence electrons. The van der Waals surface area contributed by atoms with Crippen LogP contribution in [-0.2, 0) is 11.4 Å². The zero-order valence-corrected chi connectivity index (χ0v) is 26.5. The van der Waals surface area contributed by atoms with E-state index in [4.69, 9.17) is 19.6 Å². The van der Waals surface area contributed by atoms with Gasteiger partial charge >= 0.3 is 0 Å². The summed E-state index contributed by atoms with van der Waals surface area (Å²) in [6.45, 7) is 13.0. The van der Waals surface area contributed by atoms with Crippen LogP contribution in [-0.4, -0.2) is 33.0 Å². The van der Waals surface area contributed by atoms with Crippen molar-refractivity contribution in [2.24, 2.45) is 0 Å². The van der Waals surface area contributed by atoms with Crippen molar-refractivity contribution in [1.82, 2.24) is 14.8 Å². The Bertz CT molecular complexity index is 1640. The highest BCUT2D eigenvalue weighted by Crippen LogP contribution is 2.40. The molecule has 1 aromatic heterocycles. The summed E-state index contributed by atoms with van der Waals surface area (Å²) in [5.74, 6) is 2.55. The number of rotatable bonds is 11. The number of aromatic nitrogens is 3. The van der Waals surface area contributed by atoms with Gasteiger partial charge in [0.2, 0.25) is 11.1 Å². The van der Waals surface area contributed by atoms with Crippen molar-refractivity contribution in [2.45, 2.75) is 65.8 Å². The number of hydrogen-bond donors (Lipinski definition) is 2. The lowest BCUT2D eigenvalue weighted by Gasteiger charge is -2.29. The summed E-state index contributed by atoms with van der Waals surface area (Å²) >= 11 is 1.60. The van der Waals surface area contributed by atoms with Gasteiger partial charge in [0, 0.05) is 17.1 Å². The van der Waals surface area contributed by atoms with Crippen molar-refractivity contribution in [3.63, 3.8) is 0 Å². The van der Waals surface area contributed by atoms with Crippen LogP contribution >= 0.6 is 11.8 Å². The minimum absolute atomic E-state index is 0.205. The molecule has 43 heavy (non-hydrogen) atoms. The van der Waals surface area contributed by atoms with Crippen LogP contribution in [0.1, 0.15) is 61.1 Å². The van der Waals surface area contributed by atoms with Crippen LogP contribution in [0.25, 0.3) is 0 Å². The average molecular weight is 598 g/mol. The Morgan fingerprint density at radius 3 is 2.44 bits per heavy atom. The zero-order valence-electron chi connectivity index (χ0n) is 25.7.